The fraction of sp³-hybridized carbons (Fsp3) is 0.263. The number of nitrogens with one attached hydrogen (secondary N) is 1. The SMILES string of the molecule is O=C(NCc1ccccn1)c1nc(C(=O)N2CCCC2)n2ccccc12. The molecule has 0 aromatic carbocycles. The van der Waals surface area contributed by atoms with Gasteiger partial charge < -0.3 is 10.2 Å². The molecule has 7 nitrogen and oxygen atoms in total. The van der Waals surface area contributed by atoms with Crippen LogP contribution in [-0.2, 0) is 6.54 Å². The normalized spacial score (nSPS) is 13.9. The number of likely N-dealkylation sites (tertiary alicyclic amines) is 1. The van der Waals surface area contributed by atoms with E-state index in [-0.39, 0.29) is 23.3 Å². The van der Waals surface area contributed by atoms with Crippen molar-refractivity contribution in [2.24, 2.45) is 0 Å². The first-order valence-electron chi connectivity index (χ1n) is 8.68. The number of rotatable bonds is 4. The van der Waals surface area contributed by atoms with Gasteiger partial charge in [0.15, 0.2) is 5.69 Å². The van der Waals surface area contributed by atoms with Crippen molar-refractivity contribution in [3.8, 4) is 0 Å². The third kappa shape index (κ3) is 3.03. The maximum absolute atomic E-state index is 12.8. The Morgan fingerprint density at radius 1 is 1.08 bits per heavy atom. The molecule has 132 valence electrons. The number of hydrogen-bond acceptors (Lipinski definition) is 4. The van der Waals surface area contributed by atoms with Gasteiger partial charge in [0.2, 0.25) is 5.82 Å². The molecular weight excluding hydrogens is 330 g/mol. The molecule has 7 heteroatoms. The Morgan fingerprint density at radius 2 is 1.88 bits per heavy atom. The van der Waals surface area contributed by atoms with Crippen LogP contribution in [-0.4, -0.2) is 44.2 Å². The van der Waals surface area contributed by atoms with Gasteiger partial charge in [-0.2, -0.15) is 0 Å². The van der Waals surface area contributed by atoms with E-state index < -0.39 is 0 Å². The molecule has 0 radical (unpaired) electrons. The highest BCUT2D eigenvalue weighted by Crippen LogP contribution is 2.17. The monoisotopic (exact) mass is 349 g/mol. The fourth-order valence-corrected chi connectivity index (χ4v) is 3.17. The third-order valence-electron chi connectivity index (χ3n) is 4.50. The summed E-state index contributed by atoms with van der Waals surface area (Å²) in [6.07, 6.45) is 5.46. The molecule has 0 bridgehead atoms. The summed E-state index contributed by atoms with van der Waals surface area (Å²) in [5.41, 5.74) is 1.63. The maximum atomic E-state index is 12.8. The van der Waals surface area contributed by atoms with Gasteiger partial charge >= 0.3 is 0 Å². The Morgan fingerprint density at radius 3 is 2.65 bits per heavy atom. The van der Waals surface area contributed by atoms with Crippen molar-refractivity contribution < 1.29 is 9.59 Å². The predicted octanol–water partition coefficient (Wildman–Crippen LogP) is 1.90. The summed E-state index contributed by atoms with van der Waals surface area (Å²) in [5, 5.41) is 2.83. The summed E-state index contributed by atoms with van der Waals surface area (Å²) in [5.74, 6) is -0.169. The fourth-order valence-electron chi connectivity index (χ4n) is 3.17. The number of imidazole rings is 1. The average Bonchev–Trinajstić information content (AvgIpc) is 3.35. The van der Waals surface area contributed by atoms with Gasteiger partial charge in [0.05, 0.1) is 17.8 Å². The summed E-state index contributed by atoms with van der Waals surface area (Å²) >= 11 is 0. The van der Waals surface area contributed by atoms with Gasteiger partial charge in [-0.15, -0.1) is 0 Å². The molecule has 0 spiro atoms. The van der Waals surface area contributed by atoms with Gasteiger partial charge in [0.25, 0.3) is 11.8 Å². The van der Waals surface area contributed by atoms with Crippen LogP contribution in [0.5, 0.6) is 0 Å². The Kier molecular flexibility index (Phi) is 4.35. The molecule has 1 N–H and O–H groups in total. The lowest BCUT2D eigenvalue weighted by Gasteiger charge is -2.13. The van der Waals surface area contributed by atoms with Crippen molar-refractivity contribution in [2.75, 3.05) is 13.1 Å². The van der Waals surface area contributed by atoms with Gasteiger partial charge in [-0.25, -0.2) is 4.98 Å². The van der Waals surface area contributed by atoms with E-state index in [2.05, 4.69) is 15.3 Å². The Bertz CT molecular complexity index is 945. The minimum atomic E-state index is -0.320. The van der Waals surface area contributed by atoms with Crippen molar-refractivity contribution in [2.45, 2.75) is 19.4 Å². The molecule has 0 atom stereocenters. The zero-order valence-corrected chi connectivity index (χ0v) is 14.3. The van der Waals surface area contributed by atoms with E-state index in [9.17, 15) is 9.59 Å². The Balaban J connectivity index is 1.62. The van der Waals surface area contributed by atoms with Gasteiger partial charge in [-0.1, -0.05) is 12.1 Å². The Hall–Kier alpha value is -3.22. The first-order valence-corrected chi connectivity index (χ1v) is 8.68. The number of nitrogens with zero attached hydrogens (tertiary/aromatic N) is 4. The van der Waals surface area contributed by atoms with Crippen LogP contribution in [0.1, 0.15) is 39.6 Å². The van der Waals surface area contributed by atoms with Crippen LogP contribution in [0, 0.1) is 0 Å². The van der Waals surface area contributed by atoms with E-state index in [0.29, 0.717) is 12.1 Å². The highest BCUT2D eigenvalue weighted by molar-refractivity contribution is 6.02. The lowest BCUT2D eigenvalue weighted by Crippen LogP contribution is -2.29. The second kappa shape index (κ2) is 6.95. The topological polar surface area (TPSA) is 79.6 Å². The van der Waals surface area contributed by atoms with Crippen molar-refractivity contribution >= 4 is 17.3 Å². The lowest BCUT2D eigenvalue weighted by atomic mass is 10.3. The van der Waals surface area contributed by atoms with E-state index >= 15 is 0 Å². The molecule has 0 saturated carbocycles. The lowest BCUT2D eigenvalue weighted by molar-refractivity contribution is 0.0780. The van der Waals surface area contributed by atoms with Crippen molar-refractivity contribution in [1.82, 2.24) is 24.6 Å². The molecule has 4 rings (SSSR count). The van der Waals surface area contributed by atoms with E-state index in [0.717, 1.165) is 31.6 Å². The highest BCUT2D eigenvalue weighted by atomic mass is 16.2. The molecule has 4 heterocycles. The molecule has 26 heavy (non-hydrogen) atoms. The van der Waals surface area contributed by atoms with Crippen molar-refractivity contribution in [3.05, 3.63) is 66.0 Å². The van der Waals surface area contributed by atoms with Gasteiger partial charge in [0.1, 0.15) is 0 Å². The molecule has 2 amide bonds. The second-order valence-electron chi connectivity index (χ2n) is 6.24. The standard InChI is InChI=1S/C19H19N5O2/c25-18(21-13-14-7-1-3-9-20-14)16-15-8-2-4-12-24(15)17(22-16)19(26)23-10-5-6-11-23/h1-4,7-9,12H,5-6,10-11,13H2,(H,21,25). The summed E-state index contributed by atoms with van der Waals surface area (Å²) < 4.78 is 1.69. The van der Waals surface area contributed by atoms with Crippen LogP contribution < -0.4 is 5.32 Å². The first kappa shape index (κ1) is 16.3. The van der Waals surface area contributed by atoms with Crippen LogP contribution in [0.3, 0.4) is 0 Å². The molecule has 3 aromatic heterocycles. The molecular formula is C19H19N5O2. The molecule has 0 aliphatic carbocycles. The largest absolute Gasteiger partial charge is 0.345 e. The number of carbonyl (C=O) groups excluding carboxylic acids is 2. The van der Waals surface area contributed by atoms with Crippen LogP contribution in [0.2, 0.25) is 0 Å². The van der Waals surface area contributed by atoms with Crippen LogP contribution in [0.4, 0.5) is 0 Å². The number of pyridine rings is 2. The summed E-state index contributed by atoms with van der Waals surface area (Å²) in [7, 11) is 0. The van der Waals surface area contributed by atoms with E-state index in [1.54, 1.807) is 27.8 Å². The molecule has 3 aromatic rings. The number of hydrogen-bond donors (Lipinski definition) is 1. The number of amides is 2. The zero-order valence-electron chi connectivity index (χ0n) is 14.3. The van der Waals surface area contributed by atoms with Crippen LogP contribution in [0.15, 0.2) is 48.8 Å². The first-order chi connectivity index (χ1) is 12.7. The minimum Gasteiger partial charge on any atom is -0.345 e. The van der Waals surface area contributed by atoms with Crippen LogP contribution in [0.25, 0.3) is 5.52 Å². The van der Waals surface area contributed by atoms with E-state index in [1.165, 1.54) is 0 Å². The van der Waals surface area contributed by atoms with Crippen LogP contribution >= 0.6 is 0 Å². The summed E-state index contributed by atoms with van der Waals surface area (Å²) in [6, 6.07) is 11.0. The quantitative estimate of drug-likeness (QED) is 0.780. The number of fused-ring (bicyclic) bond motifs is 1. The summed E-state index contributed by atoms with van der Waals surface area (Å²) in [4.78, 5) is 35.8. The molecule has 0 unspecified atom stereocenters. The second-order valence-corrected chi connectivity index (χ2v) is 6.24. The Labute approximate surface area is 150 Å². The molecule has 1 aliphatic rings. The van der Waals surface area contributed by atoms with Gasteiger partial charge in [0, 0.05) is 25.5 Å². The maximum Gasteiger partial charge on any atom is 0.290 e. The van der Waals surface area contributed by atoms with Crippen molar-refractivity contribution in [3.63, 3.8) is 0 Å². The number of carbonyl (C=O) groups is 2. The molecule has 1 saturated heterocycles. The predicted molar refractivity (Wildman–Crippen MR) is 95.7 cm³/mol. The van der Waals surface area contributed by atoms with Gasteiger partial charge in [-0.05, 0) is 37.1 Å². The highest BCUT2D eigenvalue weighted by Gasteiger charge is 2.26. The van der Waals surface area contributed by atoms with E-state index in [4.69, 9.17) is 0 Å². The van der Waals surface area contributed by atoms with Crippen molar-refractivity contribution in [1.29, 1.82) is 0 Å². The summed E-state index contributed by atoms with van der Waals surface area (Å²) in [6.45, 7) is 1.78. The average molecular weight is 349 g/mol. The van der Waals surface area contributed by atoms with E-state index in [1.807, 2.05) is 30.3 Å². The smallest absolute Gasteiger partial charge is 0.290 e. The van der Waals surface area contributed by atoms with Gasteiger partial charge in [-0.3, -0.25) is 19.0 Å². The number of aromatic nitrogens is 3. The zero-order chi connectivity index (χ0) is 17.9. The minimum absolute atomic E-state index is 0.132. The molecule has 1 fully saturated rings. The molecule has 1 aliphatic heterocycles. The third-order valence-corrected chi connectivity index (χ3v) is 4.50.